The second-order valence-electron chi connectivity index (χ2n) is 5.21. The van der Waals surface area contributed by atoms with Gasteiger partial charge in [0.05, 0.1) is 4.92 Å². The largest absolute Gasteiger partial charge is 0.357 e. The van der Waals surface area contributed by atoms with E-state index in [1.807, 2.05) is 0 Å². The number of hydrogen-bond acceptors (Lipinski definition) is 6. The van der Waals surface area contributed by atoms with Crippen LogP contribution in [0.4, 0.5) is 17.5 Å². The lowest BCUT2D eigenvalue weighted by Gasteiger charge is -2.29. The topological polar surface area (TPSA) is 84.2 Å². The molecule has 1 saturated heterocycles. The molecule has 2 heterocycles. The molecule has 1 aromatic heterocycles. The fourth-order valence-corrected chi connectivity index (χ4v) is 2.91. The molecule has 1 aliphatic rings. The Morgan fingerprint density at radius 3 is 2.70 bits per heavy atom. The molecule has 0 aliphatic carbocycles. The summed E-state index contributed by atoms with van der Waals surface area (Å²) in [5.74, 6) is 0.876. The highest BCUT2D eigenvalue weighted by atomic mass is 16.6. The Labute approximate surface area is 118 Å². The molecule has 2 unspecified atom stereocenters. The van der Waals surface area contributed by atoms with Crippen molar-refractivity contribution in [1.82, 2.24) is 9.97 Å². The van der Waals surface area contributed by atoms with Gasteiger partial charge in [-0.05, 0) is 33.1 Å². The van der Waals surface area contributed by atoms with Gasteiger partial charge in [-0.3, -0.25) is 10.1 Å². The number of rotatable bonds is 4. The predicted octanol–water partition coefficient (Wildman–Crippen LogP) is 2.50. The van der Waals surface area contributed by atoms with Gasteiger partial charge in [0, 0.05) is 19.1 Å². The van der Waals surface area contributed by atoms with Crippen LogP contribution in [0.15, 0.2) is 0 Å². The molecule has 1 N–H and O–H groups in total. The summed E-state index contributed by atoms with van der Waals surface area (Å²) in [7, 11) is 1.72. The first-order valence-corrected chi connectivity index (χ1v) is 6.98. The van der Waals surface area contributed by atoms with Gasteiger partial charge in [0.1, 0.15) is 5.69 Å². The van der Waals surface area contributed by atoms with Gasteiger partial charge in [-0.2, -0.15) is 4.98 Å². The Morgan fingerprint density at radius 1 is 1.45 bits per heavy atom. The van der Waals surface area contributed by atoms with Gasteiger partial charge in [0.2, 0.25) is 11.8 Å². The molecule has 20 heavy (non-hydrogen) atoms. The van der Waals surface area contributed by atoms with E-state index in [-0.39, 0.29) is 16.7 Å². The predicted molar refractivity (Wildman–Crippen MR) is 78.2 cm³/mol. The number of hydrogen-bond donors (Lipinski definition) is 1. The fourth-order valence-electron chi connectivity index (χ4n) is 2.91. The lowest BCUT2D eigenvalue weighted by molar-refractivity contribution is -0.385. The van der Waals surface area contributed by atoms with Gasteiger partial charge >= 0.3 is 5.69 Å². The second kappa shape index (κ2) is 5.60. The third-order valence-electron chi connectivity index (χ3n) is 3.95. The smallest absolute Gasteiger partial charge is 0.332 e. The molecule has 110 valence electrons. The Morgan fingerprint density at radius 2 is 2.15 bits per heavy atom. The molecule has 7 nitrogen and oxygen atoms in total. The minimum absolute atomic E-state index is 0.0243. The summed E-state index contributed by atoms with van der Waals surface area (Å²) in [6, 6.07) is 0.570. The summed E-state index contributed by atoms with van der Waals surface area (Å²) >= 11 is 0. The van der Waals surface area contributed by atoms with Crippen LogP contribution in [0.5, 0.6) is 0 Å². The highest BCUT2D eigenvalue weighted by molar-refractivity contribution is 5.64. The highest BCUT2D eigenvalue weighted by Crippen LogP contribution is 2.37. The molecule has 0 amide bonds. The second-order valence-corrected chi connectivity index (χ2v) is 5.21. The number of aryl methyl sites for hydroxylation is 1. The molecular weight excluding hydrogens is 258 g/mol. The zero-order chi connectivity index (χ0) is 14.9. The van der Waals surface area contributed by atoms with Gasteiger partial charge in [0.15, 0.2) is 0 Å². The van der Waals surface area contributed by atoms with Crippen molar-refractivity contribution in [3.63, 3.8) is 0 Å². The molecule has 2 rings (SSSR count). The molecule has 0 aromatic carbocycles. The fraction of sp³-hybridized carbons (Fsp3) is 0.692. The van der Waals surface area contributed by atoms with Crippen LogP contribution in [0.3, 0.4) is 0 Å². The highest BCUT2D eigenvalue weighted by Gasteiger charge is 2.36. The Bertz CT molecular complexity index is 520. The molecule has 1 aliphatic heterocycles. The van der Waals surface area contributed by atoms with E-state index in [1.165, 1.54) is 0 Å². The van der Waals surface area contributed by atoms with Crippen LogP contribution in [-0.2, 0) is 0 Å². The minimum atomic E-state index is -0.373. The molecule has 1 fully saturated rings. The monoisotopic (exact) mass is 279 g/mol. The summed E-state index contributed by atoms with van der Waals surface area (Å²) in [5.41, 5.74) is 0.425. The van der Waals surface area contributed by atoms with Crippen LogP contribution < -0.4 is 10.2 Å². The van der Waals surface area contributed by atoms with Crippen molar-refractivity contribution in [2.45, 2.75) is 52.1 Å². The van der Waals surface area contributed by atoms with Gasteiger partial charge < -0.3 is 10.2 Å². The molecule has 0 saturated carbocycles. The van der Waals surface area contributed by atoms with Crippen molar-refractivity contribution in [3.8, 4) is 0 Å². The van der Waals surface area contributed by atoms with Crippen LogP contribution in [0.2, 0.25) is 0 Å². The van der Waals surface area contributed by atoms with E-state index in [0.29, 0.717) is 23.5 Å². The maximum Gasteiger partial charge on any atom is 0.332 e. The third-order valence-corrected chi connectivity index (χ3v) is 3.95. The number of aromatic nitrogens is 2. The number of nitrogens with one attached hydrogen (secondary N) is 1. The average molecular weight is 279 g/mol. The van der Waals surface area contributed by atoms with E-state index in [9.17, 15) is 10.1 Å². The first-order chi connectivity index (χ1) is 9.49. The Kier molecular flexibility index (Phi) is 4.06. The van der Waals surface area contributed by atoms with Crippen molar-refractivity contribution in [2.24, 2.45) is 0 Å². The minimum Gasteiger partial charge on any atom is -0.357 e. The normalized spacial score (nSPS) is 22.1. The maximum absolute atomic E-state index is 11.4. The number of nitro groups is 1. The van der Waals surface area contributed by atoms with Crippen molar-refractivity contribution in [3.05, 3.63) is 15.8 Å². The summed E-state index contributed by atoms with van der Waals surface area (Å²) in [5, 5.41) is 14.3. The first-order valence-electron chi connectivity index (χ1n) is 6.98. The number of nitrogens with zero attached hydrogens (tertiary/aromatic N) is 4. The molecular formula is C13H21N5O2. The van der Waals surface area contributed by atoms with Crippen LogP contribution in [0.25, 0.3) is 0 Å². The SMILES string of the molecule is CCC1CCC(C)N1c1nc(NC)nc(C)c1[N+](=O)[O-]. The summed E-state index contributed by atoms with van der Waals surface area (Å²) in [4.78, 5) is 21.6. The van der Waals surface area contributed by atoms with E-state index < -0.39 is 0 Å². The van der Waals surface area contributed by atoms with E-state index >= 15 is 0 Å². The zero-order valence-corrected chi connectivity index (χ0v) is 12.4. The molecule has 7 heteroatoms. The van der Waals surface area contributed by atoms with Crippen LogP contribution >= 0.6 is 0 Å². The van der Waals surface area contributed by atoms with Crippen molar-refractivity contribution in [2.75, 3.05) is 17.3 Å². The molecule has 0 spiro atoms. The van der Waals surface area contributed by atoms with Gasteiger partial charge in [0.25, 0.3) is 0 Å². The van der Waals surface area contributed by atoms with E-state index in [4.69, 9.17) is 0 Å². The van der Waals surface area contributed by atoms with Crippen molar-refractivity contribution >= 4 is 17.5 Å². The standard InChI is InChI=1S/C13H21N5O2/c1-5-10-7-6-8(2)17(10)12-11(18(19)20)9(3)15-13(14-4)16-12/h8,10H,5-7H2,1-4H3,(H,14,15,16). The Hall–Kier alpha value is -1.92. The van der Waals surface area contributed by atoms with Crippen molar-refractivity contribution < 1.29 is 4.92 Å². The summed E-state index contributed by atoms with van der Waals surface area (Å²) in [6.07, 6.45) is 3.04. The van der Waals surface area contributed by atoms with Crippen LogP contribution in [0.1, 0.15) is 38.8 Å². The van der Waals surface area contributed by atoms with E-state index in [2.05, 4.69) is 34.0 Å². The summed E-state index contributed by atoms with van der Waals surface area (Å²) in [6.45, 7) is 5.86. The molecule has 0 bridgehead atoms. The van der Waals surface area contributed by atoms with Gasteiger partial charge in [-0.1, -0.05) is 6.92 Å². The first kappa shape index (κ1) is 14.5. The van der Waals surface area contributed by atoms with Gasteiger partial charge in [-0.25, -0.2) is 4.98 Å². The van der Waals surface area contributed by atoms with E-state index in [1.54, 1.807) is 14.0 Å². The molecule has 1 aromatic rings. The van der Waals surface area contributed by atoms with E-state index in [0.717, 1.165) is 19.3 Å². The third kappa shape index (κ3) is 2.39. The quantitative estimate of drug-likeness (QED) is 0.673. The maximum atomic E-state index is 11.4. The lowest BCUT2D eigenvalue weighted by atomic mass is 10.1. The van der Waals surface area contributed by atoms with Crippen LogP contribution in [-0.4, -0.2) is 34.0 Å². The molecule has 0 radical (unpaired) electrons. The zero-order valence-electron chi connectivity index (χ0n) is 12.4. The summed E-state index contributed by atoms with van der Waals surface area (Å²) < 4.78 is 0. The van der Waals surface area contributed by atoms with Crippen LogP contribution in [0, 0.1) is 17.0 Å². The van der Waals surface area contributed by atoms with Crippen molar-refractivity contribution in [1.29, 1.82) is 0 Å². The average Bonchev–Trinajstić information content (AvgIpc) is 2.78. The lowest BCUT2D eigenvalue weighted by Crippen LogP contribution is -2.35. The molecule has 2 atom stereocenters. The van der Waals surface area contributed by atoms with Gasteiger partial charge in [-0.15, -0.1) is 0 Å². The Balaban J connectivity index is 2.58. The number of anilines is 2.